The summed E-state index contributed by atoms with van der Waals surface area (Å²) in [7, 11) is 0. The smallest absolute Gasteiger partial charge is 0.165 e. The Labute approximate surface area is 125 Å². The lowest BCUT2D eigenvalue weighted by atomic mass is 10.1. The average molecular weight is 284 g/mol. The number of aromatic nitrogens is 1. The van der Waals surface area contributed by atoms with Gasteiger partial charge in [0.05, 0.1) is 18.9 Å². The summed E-state index contributed by atoms with van der Waals surface area (Å²) >= 11 is 0. The van der Waals surface area contributed by atoms with Crippen molar-refractivity contribution in [3.05, 3.63) is 53.9 Å². The van der Waals surface area contributed by atoms with Gasteiger partial charge >= 0.3 is 0 Å². The van der Waals surface area contributed by atoms with Gasteiger partial charge in [0.1, 0.15) is 0 Å². The van der Waals surface area contributed by atoms with E-state index >= 15 is 0 Å². The highest BCUT2D eigenvalue weighted by molar-refractivity contribution is 5.47. The highest BCUT2D eigenvalue weighted by atomic mass is 16.5. The first kappa shape index (κ1) is 13.9. The van der Waals surface area contributed by atoms with Gasteiger partial charge in [-0.05, 0) is 25.1 Å². The molecule has 0 bridgehead atoms. The van der Waals surface area contributed by atoms with E-state index in [1.165, 1.54) is 0 Å². The summed E-state index contributed by atoms with van der Waals surface area (Å²) in [5.74, 6) is 1.72. The fourth-order valence-corrected chi connectivity index (χ4v) is 2.39. The molecule has 0 saturated heterocycles. The van der Waals surface area contributed by atoms with Gasteiger partial charge in [0, 0.05) is 30.8 Å². The second-order valence-corrected chi connectivity index (χ2v) is 5.15. The van der Waals surface area contributed by atoms with E-state index in [-0.39, 0.29) is 6.04 Å². The number of hydrogen-bond acceptors (Lipinski definition) is 4. The van der Waals surface area contributed by atoms with Gasteiger partial charge in [-0.25, -0.2) is 0 Å². The van der Waals surface area contributed by atoms with Crippen molar-refractivity contribution in [3.8, 4) is 11.5 Å². The monoisotopic (exact) mass is 284 g/mol. The van der Waals surface area contributed by atoms with Gasteiger partial charge in [0.15, 0.2) is 11.5 Å². The number of rotatable bonds is 4. The topological polar surface area (TPSA) is 43.4 Å². The maximum atomic E-state index is 5.84. The summed E-state index contributed by atoms with van der Waals surface area (Å²) in [6, 6.07) is 12.2. The second kappa shape index (κ2) is 6.59. The first-order chi connectivity index (χ1) is 10.3. The molecule has 1 aliphatic rings. The SMILES string of the molecule is CC(NCc1cccc2c1OCCCO2)c1ccccn1. The van der Waals surface area contributed by atoms with Crippen LogP contribution in [-0.4, -0.2) is 18.2 Å². The molecule has 110 valence electrons. The lowest BCUT2D eigenvalue weighted by molar-refractivity contribution is 0.295. The normalized spacial score (nSPS) is 15.3. The fourth-order valence-electron chi connectivity index (χ4n) is 2.39. The number of nitrogens with zero attached hydrogens (tertiary/aromatic N) is 1. The molecule has 0 spiro atoms. The zero-order chi connectivity index (χ0) is 14.5. The van der Waals surface area contributed by atoms with Crippen molar-refractivity contribution < 1.29 is 9.47 Å². The molecule has 2 aromatic rings. The van der Waals surface area contributed by atoms with Crippen molar-refractivity contribution in [2.75, 3.05) is 13.2 Å². The summed E-state index contributed by atoms with van der Waals surface area (Å²) in [4.78, 5) is 4.37. The Kier molecular flexibility index (Phi) is 4.36. The van der Waals surface area contributed by atoms with Gasteiger partial charge in [-0.3, -0.25) is 4.98 Å². The molecule has 0 fully saturated rings. The van der Waals surface area contributed by atoms with Crippen molar-refractivity contribution in [2.24, 2.45) is 0 Å². The van der Waals surface area contributed by atoms with Crippen LogP contribution in [0.15, 0.2) is 42.6 Å². The van der Waals surface area contributed by atoms with Gasteiger partial charge in [-0.1, -0.05) is 18.2 Å². The fraction of sp³-hybridized carbons (Fsp3) is 0.353. The van der Waals surface area contributed by atoms with Crippen molar-refractivity contribution >= 4 is 0 Å². The molecule has 3 rings (SSSR count). The minimum Gasteiger partial charge on any atom is -0.490 e. The third-order valence-corrected chi connectivity index (χ3v) is 3.58. The minimum atomic E-state index is 0.189. The summed E-state index contributed by atoms with van der Waals surface area (Å²) < 4.78 is 11.6. The van der Waals surface area contributed by atoms with Crippen molar-refractivity contribution in [1.29, 1.82) is 0 Å². The Morgan fingerprint density at radius 2 is 2.05 bits per heavy atom. The molecule has 4 nitrogen and oxygen atoms in total. The molecule has 1 N–H and O–H groups in total. The van der Waals surface area contributed by atoms with Crippen LogP contribution in [0.2, 0.25) is 0 Å². The van der Waals surface area contributed by atoms with E-state index in [1.807, 2.05) is 36.5 Å². The maximum absolute atomic E-state index is 5.84. The zero-order valence-electron chi connectivity index (χ0n) is 12.2. The van der Waals surface area contributed by atoms with Gasteiger partial charge in [-0.15, -0.1) is 0 Å². The largest absolute Gasteiger partial charge is 0.490 e. The van der Waals surface area contributed by atoms with E-state index in [9.17, 15) is 0 Å². The summed E-state index contributed by atoms with van der Waals surface area (Å²) in [6.07, 6.45) is 2.74. The Morgan fingerprint density at radius 3 is 2.90 bits per heavy atom. The van der Waals surface area contributed by atoms with Crippen molar-refractivity contribution in [1.82, 2.24) is 10.3 Å². The standard InChI is InChI=1S/C17H20N2O2/c1-13(15-7-2-3-9-18-15)19-12-14-6-4-8-16-17(14)21-11-5-10-20-16/h2-4,6-9,13,19H,5,10-12H2,1H3. The van der Waals surface area contributed by atoms with E-state index < -0.39 is 0 Å². The highest BCUT2D eigenvalue weighted by Gasteiger charge is 2.15. The summed E-state index contributed by atoms with van der Waals surface area (Å²) in [5, 5.41) is 3.49. The van der Waals surface area contributed by atoms with E-state index in [4.69, 9.17) is 9.47 Å². The summed E-state index contributed by atoms with van der Waals surface area (Å²) in [6.45, 7) is 4.26. The maximum Gasteiger partial charge on any atom is 0.165 e. The predicted molar refractivity (Wildman–Crippen MR) is 81.5 cm³/mol. The Bertz CT molecular complexity index is 587. The van der Waals surface area contributed by atoms with Crippen molar-refractivity contribution in [2.45, 2.75) is 25.9 Å². The van der Waals surface area contributed by atoms with Crippen LogP contribution in [-0.2, 0) is 6.54 Å². The molecule has 0 amide bonds. The molecule has 1 unspecified atom stereocenters. The van der Waals surface area contributed by atoms with Crippen LogP contribution in [0.4, 0.5) is 0 Å². The first-order valence-corrected chi connectivity index (χ1v) is 7.36. The van der Waals surface area contributed by atoms with Gasteiger partial charge < -0.3 is 14.8 Å². The first-order valence-electron chi connectivity index (χ1n) is 7.36. The molecule has 1 aromatic carbocycles. The molecule has 1 aromatic heterocycles. The lowest BCUT2D eigenvalue weighted by Crippen LogP contribution is -2.19. The molecule has 4 heteroatoms. The molecule has 2 heterocycles. The van der Waals surface area contributed by atoms with Crippen LogP contribution in [0.5, 0.6) is 11.5 Å². The predicted octanol–water partition coefficient (Wildman–Crippen LogP) is 3.09. The van der Waals surface area contributed by atoms with Gasteiger partial charge in [0.2, 0.25) is 0 Å². The third kappa shape index (κ3) is 3.34. The number of ether oxygens (including phenoxy) is 2. The molecular weight excluding hydrogens is 264 g/mol. The van der Waals surface area contributed by atoms with E-state index in [1.54, 1.807) is 0 Å². The average Bonchev–Trinajstić information content (AvgIpc) is 2.79. The highest BCUT2D eigenvalue weighted by Crippen LogP contribution is 2.33. The second-order valence-electron chi connectivity index (χ2n) is 5.15. The molecular formula is C17H20N2O2. The molecule has 21 heavy (non-hydrogen) atoms. The van der Waals surface area contributed by atoms with Crippen LogP contribution in [0.1, 0.15) is 30.6 Å². The lowest BCUT2D eigenvalue weighted by Gasteiger charge is -2.16. The number of pyridine rings is 1. The molecule has 1 atom stereocenters. The molecule has 0 radical (unpaired) electrons. The number of para-hydroxylation sites is 1. The number of fused-ring (bicyclic) bond motifs is 1. The number of nitrogens with one attached hydrogen (secondary N) is 1. The van der Waals surface area contributed by atoms with Crippen LogP contribution < -0.4 is 14.8 Å². The molecule has 1 aliphatic heterocycles. The van der Waals surface area contributed by atoms with E-state index in [0.29, 0.717) is 13.2 Å². The van der Waals surface area contributed by atoms with Crippen LogP contribution in [0.3, 0.4) is 0 Å². The van der Waals surface area contributed by atoms with E-state index in [2.05, 4.69) is 23.3 Å². The van der Waals surface area contributed by atoms with Gasteiger partial charge in [-0.2, -0.15) is 0 Å². The van der Waals surface area contributed by atoms with Gasteiger partial charge in [0.25, 0.3) is 0 Å². The summed E-state index contributed by atoms with van der Waals surface area (Å²) in [5.41, 5.74) is 2.16. The molecule has 0 saturated carbocycles. The Morgan fingerprint density at radius 1 is 1.14 bits per heavy atom. The van der Waals surface area contributed by atoms with Crippen LogP contribution in [0.25, 0.3) is 0 Å². The van der Waals surface area contributed by atoms with E-state index in [0.717, 1.165) is 35.7 Å². The number of hydrogen-bond donors (Lipinski definition) is 1. The number of benzene rings is 1. The molecule has 0 aliphatic carbocycles. The minimum absolute atomic E-state index is 0.189. The Hall–Kier alpha value is -2.07. The third-order valence-electron chi connectivity index (χ3n) is 3.58. The zero-order valence-corrected chi connectivity index (χ0v) is 12.2. The quantitative estimate of drug-likeness (QED) is 0.937. The van der Waals surface area contributed by atoms with Crippen LogP contribution in [0, 0.1) is 0 Å². The van der Waals surface area contributed by atoms with Crippen molar-refractivity contribution in [3.63, 3.8) is 0 Å². The Balaban J connectivity index is 1.71. The van der Waals surface area contributed by atoms with Crippen LogP contribution >= 0.6 is 0 Å².